The molecule has 2 unspecified atom stereocenters. The van der Waals surface area contributed by atoms with Crippen LogP contribution in [0.1, 0.15) is 59.2 Å². The van der Waals surface area contributed by atoms with E-state index in [9.17, 15) is 19.2 Å². The Bertz CT molecular complexity index is 1080. The van der Waals surface area contributed by atoms with E-state index in [0.29, 0.717) is 16.5 Å². The van der Waals surface area contributed by atoms with E-state index in [2.05, 4.69) is 20.4 Å². The fraction of sp³-hybridized carbons (Fsp3) is 0.615. The van der Waals surface area contributed by atoms with Crippen LogP contribution in [0.4, 0.5) is 5.69 Å². The van der Waals surface area contributed by atoms with Crippen molar-refractivity contribution in [3.63, 3.8) is 0 Å². The normalized spacial score (nSPS) is 30.0. The molecule has 0 aliphatic carbocycles. The first kappa shape index (κ1) is 22.7. The first-order valence-corrected chi connectivity index (χ1v) is 13.0. The predicted molar refractivity (Wildman–Crippen MR) is 129 cm³/mol. The van der Waals surface area contributed by atoms with Gasteiger partial charge in [0.25, 0.3) is 11.8 Å². The molecule has 35 heavy (non-hydrogen) atoms. The zero-order valence-electron chi connectivity index (χ0n) is 20.1. The van der Waals surface area contributed by atoms with Crippen LogP contribution in [0.3, 0.4) is 0 Å². The maximum Gasteiger partial charge on any atom is 0.262 e. The maximum atomic E-state index is 13.2. The third-order valence-electron chi connectivity index (χ3n) is 8.72. The molecular formula is C26H33N5O4. The van der Waals surface area contributed by atoms with Crippen molar-refractivity contribution in [2.24, 2.45) is 11.3 Å². The van der Waals surface area contributed by atoms with Gasteiger partial charge in [0.2, 0.25) is 11.8 Å². The van der Waals surface area contributed by atoms with Crippen LogP contribution in [0.25, 0.3) is 0 Å². The number of benzene rings is 1. The van der Waals surface area contributed by atoms with Crippen molar-refractivity contribution in [2.45, 2.75) is 44.6 Å². The van der Waals surface area contributed by atoms with Crippen LogP contribution in [0.2, 0.25) is 0 Å². The lowest BCUT2D eigenvalue weighted by Gasteiger charge is -2.29. The minimum Gasteiger partial charge on any atom is -0.371 e. The summed E-state index contributed by atoms with van der Waals surface area (Å²) >= 11 is 0. The van der Waals surface area contributed by atoms with Crippen LogP contribution in [0, 0.1) is 11.3 Å². The van der Waals surface area contributed by atoms with E-state index in [0.717, 1.165) is 62.2 Å². The summed E-state index contributed by atoms with van der Waals surface area (Å²) in [4.78, 5) is 56.0. The fourth-order valence-corrected chi connectivity index (χ4v) is 6.76. The molecule has 4 amide bonds. The third-order valence-corrected chi connectivity index (χ3v) is 8.72. The predicted octanol–water partition coefficient (Wildman–Crippen LogP) is 0.990. The second kappa shape index (κ2) is 8.71. The summed E-state index contributed by atoms with van der Waals surface area (Å²) in [5.41, 5.74) is 1.96. The zero-order valence-corrected chi connectivity index (χ0v) is 20.1. The van der Waals surface area contributed by atoms with Crippen molar-refractivity contribution in [1.82, 2.24) is 20.4 Å². The van der Waals surface area contributed by atoms with E-state index < -0.39 is 23.8 Å². The quantitative estimate of drug-likeness (QED) is 0.621. The summed E-state index contributed by atoms with van der Waals surface area (Å²) < 4.78 is 0. The van der Waals surface area contributed by atoms with Gasteiger partial charge in [0.05, 0.1) is 11.1 Å². The van der Waals surface area contributed by atoms with Gasteiger partial charge in [-0.25, -0.2) is 0 Å². The molecule has 5 heterocycles. The highest BCUT2D eigenvalue weighted by atomic mass is 16.2. The number of likely N-dealkylation sites (tertiary alicyclic amines) is 1. The molecule has 4 fully saturated rings. The van der Waals surface area contributed by atoms with Crippen molar-refractivity contribution < 1.29 is 19.2 Å². The number of amides is 4. The number of carbonyl (C=O) groups is 4. The SMILES string of the molecule is O=C1CCC(N2C(=O)c3ccc(N4CCC5(CCN(CC6CCNCC6)C5)C4)cc3C2=O)C(=O)N1. The number of nitrogens with one attached hydrogen (secondary N) is 2. The Labute approximate surface area is 205 Å². The molecule has 0 saturated carbocycles. The number of imide groups is 2. The molecule has 1 aromatic rings. The Kier molecular flexibility index (Phi) is 5.64. The number of fused-ring (bicyclic) bond motifs is 1. The first-order chi connectivity index (χ1) is 16.9. The highest BCUT2D eigenvalue weighted by Crippen LogP contribution is 2.42. The van der Waals surface area contributed by atoms with Crippen molar-refractivity contribution in [3.05, 3.63) is 29.3 Å². The fourth-order valence-electron chi connectivity index (χ4n) is 6.76. The largest absolute Gasteiger partial charge is 0.371 e. The molecule has 0 bridgehead atoms. The zero-order chi connectivity index (χ0) is 24.2. The van der Waals surface area contributed by atoms with Gasteiger partial charge >= 0.3 is 0 Å². The minimum atomic E-state index is -0.928. The summed E-state index contributed by atoms with van der Waals surface area (Å²) in [5, 5.41) is 5.70. The Morgan fingerprint density at radius 3 is 2.49 bits per heavy atom. The second-order valence-corrected chi connectivity index (χ2v) is 11.0. The molecule has 1 spiro atoms. The standard InChI is InChI=1S/C26H33N5O4/c32-22-4-3-21(23(33)28-22)31-24(34)19-2-1-18(13-20(19)25(31)35)30-12-8-26(16-30)7-11-29(15-26)14-17-5-9-27-10-6-17/h1-2,13,17,21,27H,3-12,14-16H2,(H,28,32,33). The first-order valence-electron chi connectivity index (χ1n) is 13.0. The van der Waals surface area contributed by atoms with Crippen molar-refractivity contribution >= 4 is 29.3 Å². The van der Waals surface area contributed by atoms with Crippen LogP contribution in [-0.4, -0.2) is 85.3 Å². The summed E-state index contributed by atoms with van der Waals surface area (Å²) in [6.45, 7) is 7.69. The number of carbonyl (C=O) groups excluding carboxylic acids is 4. The second-order valence-electron chi connectivity index (χ2n) is 11.0. The molecule has 0 radical (unpaired) electrons. The molecule has 9 nitrogen and oxygen atoms in total. The van der Waals surface area contributed by atoms with E-state index in [-0.39, 0.29) is 18.7 Å². The maximum absolute atomic E-state index is 13.2. The molecule has 5 aliphatic rings. The van der Waals surface area contributed by atoms with Gasteiger partial charge in [0.1, 0.15) is 6.04 Å². The topological polar surface area (TPSA) is 102 Å². The van der Waals surface area contributed by atoms with Gasteiger partial charge in [-0.15, -0.1) is 0 Å². The molecule has 0 aromatic heterocycles. The van der Waals surface area contributed by atoms with Gasteiger partial charge in [0, 0.05) is 43.7 Å². The van der Waals surface area contributed by atoms with Gasteiger partial charge in [0.15, 0.2) is 0 Å². The molecule has 2 N–H and O–H groups in total. The number of hydrogen-bond donors (Lipinski definition) is 2. The Hall–Kier alpha value is -2.78. The van der Waals surface area contributed by atoms with Crippen molar-refractivity contribution in [1.29, 1.82) is 0 Å². The molecule has 186 valence electrons. The van der Waals surface area contributed by atoms with Crippen LogP contribution in [-0.2, 0) is 9.59 Å². The molecule has 5 aliphatic heterocycles. The Morgan fingerprint density at radius 2 is 1.69 bits per heavy atom. The van der Waals surface area contributed by atoms with Gasteiger partial charge in [-0.3, -0.25) is 29.4 Å². The molecular weight excluding hydrogens is 446 g/mol. The number of piperidine rings is 2. The van der Waals surface area contributed by atoms with Gasteiger partial charge in [-0.2, -0.15) is 0 Å². The molecule has 2 atom stereocenters. The number of anilines is 1. The van der Waals surface area contributed by atoms with Gasteiger partial charge in [-0.05, 0) is 75.9 Å². The van der Waals surface area contributed by atoms with Crippen LogP contribution >= 0.6 is 0 Å². The smallest absolute Gasteiger partial charge is 0.262 e. The lowest BCUT2D eigenvalue weighted by atomic mass is 9.86. The molecule has 1 aromatic carbocycles. The van der Waals surface area contributed by atoms with Gasteiger partial charge < -0.3 is 15.1 Å². The van der Waals surface area contributed by atoms with Crippen LogP contribution in [0.5, 0.6) is 0 Å². The number of nitrogens with zero attached hydrogens (tertiary/aromatic N) is 3. The summed E-state index contributed by atoms with van der Waals surface area (Å²) in [5.74, 6) is -1.03. The highest BCUT2D eigenvalue weighted by Gasteiger charge is 2.46. The lowest BCUT2D eigenvalue weighted by Crippen LogP contribution is -2.54. The van der Waals surface area contributed by atoms with E-state index in [1.165, 1.54) is 25.8 Å². The average molecular weight is 480 g/mol. The minimum absolute atomic E-state index is 0.125. The van der Waals surface area contributed by atoms with Crippen LogP contribution in [0.15, 0.2) is 18.2 Å². The Balaban J connectivity index is 1.14. The number of hydrogen-bond acceptors (Lipinski definition) is 7. The summed E-state index contributed by atoms with van der Waals surface area (Å²) in [7, 11) is 0. The van der Waals surface area contributed by atoms with Crippen LogP contribution < -0.4 is 15.5 Å². The molecule has 9 heteroatoms. The third kappa shape index (κ3) is 4.04. The Morgan fingerprint density at radius 1 is 0.914 bits per heavy atom. The van der Waals surface area contributed by atoms with E-state index >= 15 is 0 Å². The summed E-state index contributed by atoms with van der Waals surface area (Å²) in [6, 6.07) is 4.55. The molecule has 4 saturated heterocycles. The number of rotatable bonds is 4. The highest BCUT2D eigenvalue weighted by molar-refractivity contribution is 6.23. The van der Waals surface area contributed by atoms with Gasteiger partial charge in [-0.1, -0.05) is 0 Å². The van der Waals surface area contributed by atoms with E-state index in [1.807, 2.05) is 12.1 Å². The van der Waals surface area contributed by atoms with E-state index in [4.69, 9.17) is 0 Å². The molecule has 6 rings (SSSR count). The lowest BCUT2D eigenvalue weighted by molar-refractivity contribution is -0.136. The average Bonchev–Trinajstić information content (AvgIpc) is 3.52. The van der Waals surface area contributed by atoms with Crippen molar-refractivity contribution in [2.75, 3.05) is 50.7 Å². The monoisotopic (exact) mass is 479 g/mol. The van der Waals surface area contributed by atoms with Crippen molar-refractivity contribution in [3.8, 4) is 0 Å². The summed E-state index contributed by atoms with van der Waals surface area (Å²) in [6.07, 6.45) is 5.19. The van der Waals surface area contributed by atoms with E-state index in [1.54, 1.807) is 6.07 Å².